The standard InChI is InChI=1S/C17H17N3O2S/c1-3-7-19-16(21)11-23-17-13(10-18)8-12-5-6-14(22-4-2)9-15(12)20-17/h3,5-6,8-9H,1,4,7,11H2,2H3,(H,19,21). The molecule has 5 nitrogen and oxygen atoms in total. The summed E-state index contributed by atoms with van der Waals surface area (Å²) in [6, 6.07) is 9.47. The monoisotopic (exact) mass is 327 g/mol. The fourth-order valence-electron chi connectivity index (χ4n) is 1.95. The zero-order valence-electron chi connectivity index (χ0n) is 12.8. The van der Waals surface area contributed by atoms with Crippen molar-refractivity contribution in [1.29, 1.82) is 5.26 Å². The molecule has 1 aromatic heterocycles. The second-order valence-corrected chi connectivity index (χ2v) is 5.59. The number of ether oxygens (including phenoxy) is 1. The largest absolute Gasteiger partial charge is 0.494 e. The molecular weight excluding hydrogens is 310 g/mol. The van der Waals surface area contributed by atoms with Crippen LogP contribution in [0.1, 0.15) is 12.5 Å². The van der Waals surface area contributed by atoms with Gasteiger partial charge in [-0.1, -0.05) is 17.8 Å². The van der Waals surface area contributed by atoms with Gasteiger partial charge in [-0.2, -0.15) is 5.26 Å². The molecule has 0 aliphatic rings. The number of pyridine rings is 1. The zero-order valence-corrected chi connectivity index (χ0v) is 13.7. The maximum atomic E-state index is 11.7. The van der Waals surface area contributed by atoms with Crippen molar-refractivity contribution in [2.24, 2.45) is 0 Å². The van der Waals surface area contributed by atoms with Crippen molar-refractivity contribution in [3.05, 3.63) is 42.5 Å². The quantitative estimate of drug-likeness (QED) is 0.625. The molecule has 0 saturated carbocycles. The molecule has 0 aliphatic carbocycles. The lowest BCUT2D eigenvalue weighted by Crippen LogP contribution is -2.25. The molecule has 2 rings (SSSR count). The summed E-state index contributed by atoms with van der Waals surface area (Å²) in [6.45, 7) is 6.46. The van der Waals surface area contributed by atoms with E-state index in [2.05, 4.69) is 22.9 Å². The number of carbonyl (C=O) groups is 1. The molecule has 0 aliphatic heterocycles. The SMILES string of the molecule is C=CCNC(=O)CSc1nc2cc(OCC)ccc2cc1C#N. The van der Waals surface area contributed by atoms with Gasteiger partial charge in [-0.15, -0.1) is 6.58 Å². The van der Waals surface area contributed by atoms with Crippen molar-refractivity contribution in [2.45, 2.75) is 11.9 Å². The number of fused-ring (bicyclic) bond motifs is 1. The first kappa shape index (κ1) is 16.8. The molecule has 0 saturated heterocycles. The molecule has 2 aromatic rings. The first-order chi connectivity index (χ1) is 11.2. The number of nitrogens with one attached hydrogen (secondary N) is 1. The highest BCUT2D eigenvalue weighted by molar-refractivity contribution is 8.00. The number of nitrogens with zero attached hydrogens (tertiary/aromatic N) is 2. The third-order valence-corrected chi connectivity index (χ3v) is 3.96. The fraction of sp³-hybridized carbons (Fsp3) is 0.235. The molecule has 0 bridgehead atoms. The van der Waals surface area contributed by atoms with Crippen LogP contribution in [-0.4, -0.2) is 29.8 Å². The van der Waals surface area contributed by atoms with Gasteiger partial charge >= 0.3 is 0 Å². The number of amides is 1. The van der Waals surface area contributed by atoms with Gasteiger partial charge in [0.2, 0.25) is 5.91 Å². The molecule has 1 aromatic carbocycles. The van der Waals surface area contributed by atoms with E-state index in [1.165, 1.54) is 11.8 Å². The second kappa shape index (κ2) is 8.20. The summed E-state index contributed by atoms with van der Waals surface area (Å²) in [7, 11) is 0. The van der Waals surface area contributed by atoms with E-state index in [4.69, 9.17) is 4.74 Å². The number of hydrogen-bond acceptors (Lipinski definition) is 5. The zero-order chi connectivity index (χ0) is 16.7. The Morgan fingerprint density at radius 1 is 1.52 bits per heavy atom. The van der Waals surface area contributed by atoms with E-state index in [-0.39, 0.29) is 11.7 Å². The Morgan fingerprint density at radius 3 is 3.04 bits per heavy atom. The minimum atomic E-state index is -0.122. The maximum Gasteiger partial charge on any atom is 0.230 e. The number of aromatic nitrogens is 1. The van der Waals surface area contributed by atoms with Gasteiger partial charge < -0.3 is 10.1 Å². The Morgan fingerprint density at radius 2 is 2.35 bits per heavy atom. The van der Waals surface area contributed by atoms with Gasteiger partial charge in [-0.3, -0.25) is 4.79 Å². The Balaban J connectivity index is 2.24. The summed E-state index contributed by atoms with van der Waals surface area (Å²) >= 11 is 1.24. The molecule has 1 amide bonds. The Hall–Kier alpha value is -2.52. The van der Waals surface area contributed by atoms with Crippen molar-refractivity contribution < 1.29 is 9.53 Å². The molecule has 1 N–H and O–H groups in total. The molecule has 0 unspecified atom stereocenters. The van der Waals surface area contributed by atoms with Gasteiger partial charge in [0.25, 0.3) is 0 Å². The van der Waals surface area contributed by atoms with E-state index >= 15 is 0 Å². The molecule has 0 spiro atoms. The Bertz CT molecular complexity index is 768. The molecule has 0 atom stereocenters. The molecule has 23 heavy (non-hydrogen) atoms. The topological polar surface area (TPSA) is 75.0 Å². The van der Waals surface area contributed by atoms with Gasteiger partial charge in [0.1, 0.15) is 16.8 Å². The number of benzene rings is 1. The Labute approximate surface area is 139 Å². The van der Waals surface area contributed by atoms with Crippen molar-refractivity contribution in [2.75, 3.05) is 18.9 Å². The first-order valence-corrected chi connectivity index (χ1v) is 8.14. The van der Waals surface area contributed by atoms with Crippen LogP contribution in [-0.2, 0) is 4.79 Å². The van der Waals surface area contributed by atoms with Crippen LogP contribution in [0.2, 0.25) is 0 Å². The van der Waals surface area contributed by atoms with E-state index in [1.807, 2.05) is 25.1 Å². The van der Waals surface area contributed by atoms with Crippen molar-refractivity contribution in [3.8, 4) is 11.8 Å². The summed E-state index contributed by atoms with van der Waals surface area (Å²) in [5.74, 6) is 0.812. The third kappa shape index (κ3) is 4.47. The van der Waals surface area contributed by atoms with Crippen molar-refractivity contribution in [3.63, 3.8) is 0 Å². The second-order valence-electron chi connectivity index (χ2n) is 4.62. The molecule has 0 radical (unpaired) electrons. The number of hydrogen-bond donors (Lipinski definition) is 1. The average molecular weight is 327 g/mol. The normalized spacial score (nSPS) is 10.1. The fourth-order valence-corrected chi connectivity index (χ4v) is 2.74. The lowest BCUT2D eigenvalue weighted by Gasteiger charge is -2.08. The van der Waals surface area contributed by atoms with Crippen LogP contribution in [0.15, 0.2) is 41.9 Å². The van der Waals surface area contributed by atoms with E-state index in [0.717, 1.165) is 16.7 Å². The van der Waals surface area contributed by atoms with E-state index < -0.39 is 0 Å². The number of nitriles is 1. The minimum absolute atomic E-state index is 0.122. The van der Waals surface area contributed by atoms with Crippen LogP contribution in [0.25, 0.3) is 10.9 Å². The number of thioether (sulfide) groups is 1. The number of carbonyl (C=O) groups excluding carboxylic acids is 1. The molecule has 1 heterocycles. The first-order valence-electron chi connectivity index (χ1n) is 7.16. The highest BCUT2D eigenvalue weighted by atomic mass is 32.2. The lowest BCUT2D eigenvalue weighted by molar-refractivity contribution is -0.118. The van der Waals surface area contributed by atoms with Gasteiger partial charge in [-0.25, -0.2) is 4.98 Å². The van der Waals surface area contributed by atoms with E-state index in [0.29, 0.717) is 23.7 Å². The summed E-state index contributed by atoms with van der Waals surface area (Å²) < 4.78 is 5.47. The summed E-state index contributed by atoms with van der Waals surface area (Å²) in [4.78, 5) is 16.2. The predicted octanol–water partition coefficient (Wildman–Crippen LogP) is 2.90. The van der Waals surface area contributed by atoms with Crippen molar-refractivity contribution >= 4 is 28.6 Å². The van der Waals surface area contributed by atoms with E-state index in [9.17, 15) is 10.1 Å². The van der Waals surface area contributed by atoms with E-state index in [1.54, 1.807) is 12.1 Å². The summed E-state index contributed by atoms with van der Waals surface area (Å²) in [5.41, 5.74) is 1.20. The van der Waals surface area contributed by atoms with Gasteiger partial charge in [0, 0.05) is 18.0 Å². The smallest absolute Gasteiger partial charge is 0.230 e. The molecule has 6 heteroatoms. The average Bonchev–Trinajstić information content (AvgIpc) is 2.57. The highest BCUT2D eigenvalue weighted by Crippen LogP contribution is 2.26. The van der Waals surface area contributed by atoms with Gasteiger partial charge in [-0.05, 0) is 25.1 Å². The van der Waals surface area contributed by atoms with Crippen LogP contribution in [0.5, 0.6) is 5.75 Å². The summed E-state index contributed by atoms with van der Waals surface area (Å²) in [6.07, 6.45) is 1.62. The Kier molecular flexibility index (Phi) is 6.01. The lowest BCUT2D eigenvalue weighted by atomic mass is 10.1. The van der Waals surface area contributed by atoms with Crippen LogP contribution in [0, 0.1) is 11.3 Å². The minimum Gasteiger partial charge on any atom is -0.494 e. The molecule has 118 valence electrons. The van der Waals surface area contributed by atoms with Crippen LogP contribution in [0.3, 0.4) is 0 Å². The maximum absolute atomic E-state index is 11.7. The van der Waals surface area contributed by atoms with Crippen LogP contribution < -0.4 is 10.1 Å². The predicted molar refractivity (Wildman–Crippen MR) is 91.6 cm³/mol. The van der Waals surface area contributed by atoms with Crippen LogP contribution in [0.4, 0.5) is 0 Å². The highest BCUT2D eigenvalue weighted by Gasteiger charge is 2.10. The molecular formula is C17H17N3O2S. The number of rotatable bonds is 7. The molecule has 0 fully saturated rings. The third-order valence-electron chi connectivity index (χ3n) is 2.97. The van der Waals surface area contributed by atoms with Gasteiger partial charge in [0.15, 0.2) is 0 Å². The van der Waals surface area contributed by atoms with Crippen molar-refractivity contribution in [1.82, 2.24) is 10.3 Å². The summed E-state index contributed by atoms with van der Waals surface area (Å²) in [5, 5.41) is 13.4. The van der Waals surface area contributed by atoms with Crippen LogP contribution >= 0.6 is 11.8 Å². The van der Waals surface area contributed by atoms with Gasteiger partial charge in [0.05, 0.1) is 23.4 Å².